The van der Waals surface area contributed by atoms with Crippen LogP contribution in [-0.4, -0.2) is 11.2 Å². The third kappa shape index (κ3) is 3.17. The molecule has 1 aromatic heterocycles. The standard InChI is InChI=1S/C16H18N2O/c1-13-11-14(2)18(16(13)12-17)9-6-10-19-15-7-4-3-5-8-15/h3-5,7-8,11H,6,9-10H2,1-2H3. The molecule has 0 radical (unpaired) electrons. The van der Waals surface area contributed by atoms with E-state index in [1.807, 2.05) is 44.2 Å². The Labute approximate surface area is 114 Å². The molecule has 0 amide bonds. The number of para-hydroxylation sites is 1. The van der Waals surface area contributed by atoms with Crippen LogP contribution in [-0.2, 0) is 6.54 Å². The number of rotatable bonds is 5. The minimum absolute atomic E-state index is 0.658. The SMILES string of the molecule is Cc1cc(C)n(CCCOc2ccccc2)c1C#N. The Morgan fingerprint density at radius 3 is 2.63 bits per heavy atom. The molecule has 0 bridgehead atoms. The van der Waals surface area contributed by atoms with E-state index in [9.17, 15) is 0 Å². The first-order chi connectivity index (χ1) is 9.22. The number of nitrogens with zero attached hydrogens (tertiary/aromatic N) is 2. The fourth-order valence-corrected chi connectivity index (χ4v) is 2.21. The molecule has 2 aromatic rings. The van der Waals surface area contributed by atoms with Gasteiger partial charge in [0.1, 0.15) is 17.5 Å². The minimum Gasteiger partial charge on any atom is -0.494 e. The van der Waals surface area contributed by atoms with E-state index in [0.717, 1.165) is 35.7 Å². The van der Waals surface area contributed by atoms with E-state index in [1.54, 1.807) is 0 Å². The molecule has 0 aliphatic rings. The van der Waals surface area contributed by atoms with Crippen molar-refractivity contribution in [1.82, 2.24) is 4.57 Å². The Bertz CT molecular complexity index is 579. The van der Waals surface area contributed by atoms with Crippen LogP contribution < -0.4 is 4.74 Å². The Morgan fingerprint density at radius 1 is 1.21 bits per heavy atom. The first-order valence-corrected chi connectivity index (χ1v) is 6.47. The van der Waals surface area contributed by atoms with Crippen molar-refractivity contribution in [2.75, 3.05) is 6.61 Å². The molecule has 2 rings (SSSR count). The minimum atomic E-state index is 0.658. The number of nitriles is 1. The molecule has 3 heteroatoms. The summed E-state index contributed by atoms with van der Waals surface area (Å²) in [6.07, 6.45) is 0.887. The quantitative estimate of drug-likeness (QED) is 0.766. The predicted octanol–water partition coefficient (Wildman–Crippen LogP) is 3.45. The number of aryl methyl sites for hydroxylation is 2. The Hall–Kier alpha value is -2.21. The molecule has 0 aliphatic heterocycles. The van der Waals surface area contributed by atoms with Gasteiger partial charge in [-0.3, -0.25) is 0 Å². The van der Waals surface area contributed by atoms with Gasteiger partial charge in [0.25, 0.3) is 0 Å². The monoisotopic (exact) mass is 254 g/mol. The van der Waals surface area contributed by atoms with E-state index in [2.05, 4.69) is 16.7 Å². The van der Waals surface area contributed by atoms with E-state index in [-0.39, 0.29) is 0 Å². The van der Waals surface area contributed by atoms with Crippen LogP contribution in [0.15, 0.2) is 36.4 Å². The van der Waals surface area contributed by atoms with Gasteiger partial charge in [0.15, 0.2) is 0 Å². The molecule has 0 spiro atoms. The number of benzene rings is 1. The molecular formula is C16H18N2O. The molecule has 0 fully saturated rings. The summed E-state index contributed by atoms with van der Waals surface area (Å²) < 4.78 is 7.71. The normalized spacial score (nSPS) is 10.2. The van der Waals surface area contributed by atoms with Gasteiger partial charge in [0, 0.05) is 12.2 Å². The van der Waals surface area contributed by atoms with Gasteiger partial charge in [0.05, 0.1) is 6.61 Å². The lowest BCUT2D eigenvalue weighted by molar-refractivity contribution is 0.301. The van der Waals surface area contributed by atoms with Gasteiger partial charge in [-0.05, 0) is 44.0 Å². The summed E-state index contributed by atoms with van der Waals surface area (Å²) >= 11 is 0. The third-order valence-corrected chi connectivity index (χ3v) is 3.14. The van der Waals surface area contributed by atoms with Gasteiger partial charge < -0.3 is 9.30 Å². The summed E-state index contributed by atoms with van der Waals surface area (Å²) in [4.78, 5) is 0. The molecule has 0 N–H and O–H groups in total. The number of hydrogen-bond donors (Lipinski definition) is 0. The van der Waals surface area contributed by atoms with Crippen LogP contribution in [0.4, 0.5) is 0 Å². The number of ether oxygens (including phenoxy) is 1. The van der Waals surface area contributed by atoms with Gasteiger partial charge in [0.2, 0.25) is 0 Å². The second kappa shape index (κ2) is 6.10. The van der Waals surface area contributed by atoms with Gasteiger partial charge in [-0.25, -0.2) is 0 Å². The molecule has 19 heavy (non-hydrogen) atoms. The molecule has 3 nitrogen and oxygen atoms in total. The van der Waals surface area contributed by atoms with Crippen LogP contribution in [0.2, 0.25) is 0 Å². The molecule has 0 unspecified atom stereocenters. The Kier molecular flexibility index (Phi) is 4.25. The van der Waals surface area contributed by atoms with Gasteiger partial charge in [-0.1, -0.05) is 18.2 Å². The summed E-state index contributed by atoms with van der Waals surface area (Å²) in [5.74, 6) is 0.892. The van der Waals surface area contributed by atoms with E-state index in [4.69, 9.17) is 10.00 Å². The zero-order valence-corrected chi connectivity index (χ0v) is 11.4. The predicted molar refractivity (Wildman–Crippen MR) is 75.2 cm³/mol. The molecule has 1 heterocycles. The fraction of sp³-hybridized carbons (Fsp3) is 0.312. The Morgan fingerprint density at radius 2 is 1.95 bits per heavy atom. The van der Waals surface area contributed by atoms with Crippen molar-refractivity contribution in [3.63, 3.8) is 0 Å². The average Bonchev–Trinajstić information content (AvgIpc) is 2.70. The topological polar surface area (TPSA) is 38.0 Å². The maximum Gasteiger partial charge on any atom is 0.123 e. The van der Waals surface area contributed by atoms with Crippen molar-refractivity contribution in [3.8, 4) is 11.8 Å². The summed E-state index contributed by atoms with van der Waals surface area (Å²) in [6.45, 7) is 5.48. The molecule has 0 atom stereocenters. The highest BCUT2D eigenvalue weighted by Gasteiger charge is 2.08. The van der Waals surface area contributed by atoms with Crippen molar-refractivity contribution in [2.45, 2.75) is 26.8 Å². The highest BCUT2D eigenvalue weighted by Crippen LogP contribution is 2.15. The van der Waals surface area contributed by atoms with Crippen molar-refractivity contribution in [2.24, 2.45) is 0 Å². The number of hydrogen-bond acceptors (Lipinski definition) is 2. The van der Waals surface area contributed by atoms with Crippen molar-refractivity contribution in [1.29, 1.82) is 5.26 Å². The highest BCUT2D eigenvalue weighted by atomic mass is 16.5. The van der Waals surface area contributed by atoms with E-state index in [0.29, 0.717) is 6.61 Å². The second-order valence-corrected chi connectivity index (χ2v) is 4.60. The van der Waals surface area contributed by atoms with E-state index in [1.165, 1.54) is 0 Å². The second-order valence-electron chi connectivity index (χ2n) is 4.60. The van der Waals surface area contributed by atoms with Crippen molar-refractivity contribution in [3.05, 3.63) is 53.3 Å². The summed E-state index contributed by atoms with van der Waals surface area (Å²) in [7, 11) is 0. The summed E-state index contributed by atoms with van der Waals surface area (Å²) in [5, 5.41) is 9.15. The molecule has 98 valence electrons. The molecular weight excluding hydrogens is 236 g/mol. The van der Waals surface area contributed by atoms with Crippen LogP contribution >= 0.6 is 0 Å². The van der Waals surface area contributed by atoms with Crippen molar-refractivity contribution < 1.29 is 4.74 Å². The lowest BCUT2D eigenvalue weighted by atomic mass is 10.3. The first-order valence-electron chi connectivity index (χ1n) is 6.47. The molecule has 1 aromatic carbocycles. The van der Waals surface area contributed by atoms with Gasteiger partial charge >= 0.3 is 0 Å². The molecule has 0 saturated carbocycles. The van der Waals surface area contributed by atoms with E-state index < -0.39 is 0 Å². The van der Waals surface area contributed by atoms with Crippen LogP contribution in [0, 0.1) is 25.2 Å². The lowest BCUT2D eigenvalue weighted by Gasteiger charge is -2.09. The molecule has 0 aliphatic carbocycles. The zero-order valence-electron chi connectivity index (χ0n) is 11.4. The largest absolute Gasteiger partial charge is 0.494 e. The smallest absolute Gasteiger partial charge is 0.123 e. The number of aromatic nitrogens is 1. The maximum atomic E-state index is 9.15. The lowest BCUT2D eigenvalue weighted by Crippen LogP contribution is -2.07. The van der Waals surface area contributed by atoms with Gasteiger partial charge in [-0.2, -0.15) is 5.26 Å². The Balaban J connectivity index is 1.88. The van der Waals surface area contributed by atoms with Crippen LogP contribution in [0.1, 0.15) is 23.4 Å². The maximum absolute atomic E-state index is 9.15. The summed E-state index contributed by atoms with van der Waals surface area (Å²) in [6, 6.07) is 14.1. The van der Waals surface area contributed by atoms with Gasteiger partial charge in [-0.15, -0.1) is 0 Å². The first kappa shape index (κ1) is 13.2. The van der Waals surface area contributed by atoms with Crippen LogP contribution in [0.3, 0.4) is 0 Å². The van der Waals surface area contributed by atoms with Crippen LogP contribution in [0.25, 0.3) is 0 Å². The fourth-order valence-electron chi connectivity index (χ4n) is 2.21. The highest BCUT2D eigenvalue weighted by molar-refractivity contribution is 5.35. The zero-order chi connectivity index (χ0) is 13.7. The van der Waals surface area contributed by atoms with Crippen molar-refractivity contribution >= 4 is 0 Å². The molecule has 0 saturated heterocycles. The third-order valence-electron chi connectivity index (χ3n) is 3.14. The van der Waals surface area contributed by atoms with E-state index >= 15 is 0 Å². The summed E-state index contributed by atoms with van der Waals surface area (Å²) in [5.41, 5.74) is 2.94. The van der Waals surface area contributed by atoms with Crippen LogP contribution in [0.5, 0.6) is 5.75 Å². The average molecular weight is 254 g/mol.